The van der Waals surface area contributed by atoms with Crippen LogP contribution in [0.4, 0.5) is 22.7 Å². The summed E-state index contributed by atoms with van der Waals surface area (Å²) in [5, 5.41) is 2.24. The van der Waals surface area contributed by atoms with E-state index in [4.69, 9.17) is 22.9 Å². The summed E-state index contributed by atoms with van der Waals surface area (Å²) in [5.41, 5.74) is 27.5. The molecule has 0 aliphatic carbocycles. The number of hydrogen-bond donors (Lipinski definition) is 5. The maximum atomic E-state index is 5.77. The fraction of sp³-hybridized carbons (Fsp3) is 0. The van der Waals surface area contributed by atoms with Crippen LogP contribution in [0.15, 0.2) is 60.7 Å². The molecule has 23 heavy (non-hydrogen) atoms. The molecule has 0 amide bonds. The Hall–Kier alpha value is -3.34. The molecule has 0 spiro atoms. The van der Waals surface area contributed by atoms with Gasteiger partial charge in [0.25, 0.3) is 0 Å². The summed E-state index contributed by atoms with van der Waals surface area (Å²) in [6.07, 6.45) is 0. The van der Waals surface area contributed by atoms with Gasteiger partial charge in [-0.1, -0.05) is 0 Å². The van der Waals surface area contributed by atoms with Gasteiger partial charge in [0.2, 0.25) is 0 Å². The van der Waals surface area contributed by atoms with Crippen LogP contribution in [-0.4, -0.2) is 4.98 Å². The molecule has 4 rings (SSSR count). The van der Waals surface area contributed by atoms with Gasteiger partial charge >= 0.3 is 0 Å². The average Bonchev–Trinajstić information content (AvgIpc) is 2.88. The van der Waals surface area contributed by atoms with Gasteiger partial charge in [-0.25, -0.2) is 0 Å². The monoisotopic (exact) mass is 305 g/mol. The second kappa shape index (κ2) is 5.81. The van der Waals surface area contributed by atoms with Crippen molar-refractivity contribution in [2.24, 2.45) is 0 Å². The van der Waals surface area contributed by atoms with Crippen LogP contribution >= 0.6 is 0 Å². The number of hydrogen-bond acceptors (Lipinski definition) is 4. The van der Waals surface area contributed by atoms with Crippen molar-refractivity contribution < 1.29 is 0 Å². The zero-order chi connectivity index (χ0) is 16.4. The van der Waals surface area contributed by atoms with Crippen LogP contribution in [0.1, 0.15) is 0 Å². The van der Waals surface area contributed by atoms with Gasteiger partial charge in [0.15, 0.2) is 0 Å². The number of nitrogens with two attached hydrogens (primary N) is 4. The molecular formula is C18H19N5. The average molecular weight is 305 g/mol. The predicted octanol–water partition coefficient (Wildman–Crippen LogP) is 3.34. The van der Waals surface area contributed by atoms with Crippen LogP contribution < -0.4 is 22.9 Å². The Morgan fingerprint density at radius 3 is 1.22 bits per heavy atom. The second-order valence-corrected chi connectivity index (χ2v) is 5.40. The third kappa shape index (κ3) is 3.13. The first-order chi connectivity index (χ1) is 11.0. The third-order valence-corrected chi connectivity index (χ3v) is 3.58. The van der Waals surface area contributed by atoms with E-state index in [1.807, 2.05) is 36.4 Å². The number of fused-ring (bicyclic) bond motifs is 3. The normalized spacial score (nSPS) is 10.4. The van der Waals surface area contributed by atoms with E-state index < -0.39 is 0 Å². The number of nitrogens with one attached hydrogen (secondary N) is 1. The first-order valence-corrected chi connectivity index (χ1v) is 7.20. The Balaban J connectivity index is 0.000000166. The highest BCUT2D eigenvalue weighted by molar-refractivity contribution is 6.09. The molecule has 0 saturated heterocycles. The lowest BCUT2D eigenvalue weighted by Crippen LogP contribution is -1.86. The van der Waals surface area contributed by atoms with E-state index in [9.17, 15) is 0 Å². The maximum Gasteiger partial charge on any atom is 0.0466 e. The Morgan fingerprint density at radius 1 is 0.478 bits per heavy atom. The quantitative estimate of drug-likeness (QED) is 0.320. The fourth-order valence-electron chi connectivity index (χ4n) is 2.43. The standard InChI is InChI=1S/C12H11N3.C6H8N2/c13-7-1-3-11-9(5-7)10-6-8(14)2-4-12(10)15-11;7-5-1-2-6(8)4-3-5/h1-6,15H,13-14H2;1-4H,7-8H2. The molecule has 116 valence electrons. The lowest BCUT2D eigenvalue weighted by atomic mass is 10.1. The van der Waals surface area contributed by atoms with Crippen LogP contribution in [0.3, 0.4) is 0 Å². The predicted molar refractivity (Wildman–Crippen MR) is 99.9 cm³/mol. The van der Waals surface area contributed by atoms with E-state index >= 15 is 0 Å². The number of aromatic nitrogens is 1. The fourth-order valence-corrected chi connectivity index (χ4v) is 2.43. The van der Waals surface area contributed by atoms with Gasteiger partial charge in [-0.15, -0.1) is 0 Å². The summed E-state index contributed by atoms with van der Waals surface area (Å²) in [6.45, 7) is 0. The second-order valence-electron chi connectivity index (χ2n) is 5.40. The lowest BCUT2D eigenvalue weighted by molar-refractivity contribution is 1.54. The minimum Gasteiger partial charge on any atom is -0.399 e. The van der Waals surface area contributed by atoms with Crippen LogP contribution in [-0.2, 0) is 0 Å². The summed E-state index contributed by atoms with van der Waals surface area (Å²) < 4.78 is 0. The van der Waals surface area contributed by atoms with Crippen molar-refractivity contribution in [1.29, 1.82) is 0 Å². The van der Waals surface area contributed by atoms with E-state index in [0.717, 1.165) is 44.6 Å². The molecule has 5 heteroatoms. The molecule has 0 aliphatic rings. The highest BCUT2D eigenvalue weighted by atomic mass is 14.7. The number of H-pyrrole nitrogens is 1. The van der Waals surface area contributed by atoms with Crippen molar-refractivity contribution in [2.75, 3.05) is 22.9 Å². The van der Waals surface area contributed by atoms with Crippen molar-refractivity contribution in [2.45, 2.75) is 0 Å². The van der Waals surface area contributed by atoms with Gasteiger partial charge in [-0.2, -0.15) is 0 Å². The zero-order valence-electron chi connectivity index (χ0n) is 12.6. The van der Waals surface area contributed by atoms with Crippen LogP contribution in [0.25, 0.3) is 21.8 Å². The number of nitrogen functional groups attached to an aromatic ring is 4. The molecule has 0 unspecified atom stereocenters. The molecule has 9 N–H and O–H groups in total. The Kier molecular flexibility index (Phi) is 3.68. The molecule has 0 saturated carbocycles. The van der Waals surface area contributed by atoms with E-state index in [2.05, 4.69) is 4.98 Å². The van der Waals surface area contributed by atoms with E-state index in [-0.39, 0.29) is 0 Å². The molecule has 4 aromatic rings. The molecule has 1 heterocycles. The molecule has 3 aromatic carbocycles. The smallest absolute Gasteiger partial charge is 0.0466 e. The topological polar surface area (TPSA) is 120 Å². The zero-order valence-corrected chi connectivity index (χ0v) is 12.6. The summed E-state index contributed by atoms with van der Waals surface area (Å²) in [4.78, 5) is 3.32. The Morgan fingerprint density at radius 2 is 0.826 bits per heavy atom. The van der Waals surface area contributed by atoms with Gasteiger partial charge in [-0.3, -0.25) is 0 Å². The van der Waals surface area contributed by atoms with Gasteiger partial charge in [0, 0.05) is 44.6 Å². The largest absolute Gasteiger partial charge is 0.399 e. The molecular weight excluding hydrogens is 286 g/mol. The lowest BCUT2D eigenvalue weighted by Gasteiger charge is -1.95. The van der Waals surface area contributed by atoms with Crippen molar-refractivity contribution in [1.82, 2.24) is 4.98 Å². The van der Waals surface area contributed by atoms with Crippen molar-refractivity contribution >= 4 is 44.6 Å². The van der Waals surface area contributed by atoms with Crippen LogP contribution in [0.5, 0.6) is 0 Å². The molecule has 0 fully saturated rings. The number of benzene rings is 3. The third-order valence-electron chi connectivity index (χ3n) is 3.58. The summed E-state index contributed by atoms with van der Waals surface area (Å²) in [5.74, 6) is 0. The molecule has 5 nitrogen and oxygen atoms in total. The van der Waals surface area contributed by atoms with E-state index in [0.29, 0.717) is 0 Å². The first-order valence-electron chi connectivity index (χ1n) is 7.20. The minimum atomic E-state index is 0.749. The number of anilines is 4. The highest BCUT2D eigenvalue weighted by Gasteiger charge is 2.04. The first kappa shape index (κ1) is 14.6. The Labute approximate surface area is 133 Å². The molecule has 0 atom stereocenters. The van der Waals surface area contributed by atoms with Gasteiger partial charge in [0.1, 0.15) is 0 Å². The summed E-state index contributed by atoms with van der Waals surface area (Å²) >= 11 is 0. The van der Waals surface area contributed by atoms with E-state index in [1.54, 1.807) is 24.3 Å². The highest BCUT2D eigenvalue weighted by Crippen LogP contribution is 2.28. The number of aromatic amines is 1. The Bertz CT molecular complexity index is 877. The molecule has 0 radical (unpaired) electrons. The van der Waals surface area contributed by atoms with Gasteiger partial charge in [0.05, 0.1) is 0 Å². The molecule has 0 bridgehead atoms. The maximum absolute atomic E-state index is 5.77. The van der Waals surface area contributed by atoms with Crippen molar-refractivity contribution in [3.63, 3.8) is 0 Å². The minimum absolute atomic E-state index is 0.749. The van der Waals surface area contributed by atoms with Gasteiger partial charge < -0.3 is 27.9 Å². The van der Waals surface area contributed by atoms with Gasteiger partial charge in [-0.05, 0) is 60.7 Å². The van der Waals surface area contributed by atoms with Crippen LogP contribution in [0, 0.1) is 0 Å². The number of rotatable bonds is 0. The molecule has 0 aliphatic heterocycles. The van der Waals surface area contributed by atoms with Crippen molar-refractivity contribution in [3.8, 4) is 0 Å². The van der Waals surface area contributed by atoms with Crippen molar-refractivity contribution in [3.05, 3.63) is 60.7 Å². The van der Waals surface area contributed by atoms with E-state index in [1.165, 1.54) is 0 Å². The summed E-state index contributed by atoms with van der Waals surface area (Å²) in [7, 11) is 0. The SMILES string of the molecule is Nc1ccc(N)cc1.Nc1ccc2[nH]c3ccc(N)cc3c2c1. The summed E-state index contributed by atoms with van der Waals surface area (Å²) in [6, 6.07) is 18.8. The van der Waals surface area contributed by atoms with Crippen LogP contribution in [0.2, 0.25) is 0 Å². The molecule has 1 aromatic heterocycles.